The van der Waals surface area contributed by atoms with Crippen LogP contribution in [0.1, 0.15) is 43.3 Å². The largest absolute Gasteiger partial charge is 0.347 e. The first-order valence-corrected chi connectivity index (χ1v) is 10.2. The Labute approximate surface area is 171 Å². The van der Waals surface area contributed by atoms with Gasteiger partial charge in [-0.1, -0.05) is 19.9 Å². The zero-order valence-corrected chi connectivity index (χ0v) is 17.8. The van der Waals surface area contributed by atoms with Crippen LogP contribution in [0, 0.1) is 19.8 Å². The summed E-state index contributed by atoms with van der Waals surface area (Å²) < 4.78 is 4.14. The third-order valence-electron chi connectivity index (χ3n) is 5.77. The highest BCUT2D eigenvalue weighted by atomic mass is 16.2. The highest BCUT2D eigenvalue weighted by Gasteiger charge is 2.33. The van der Waals surface area contributed by atoms with Crippen LogP contribution in [0.3, 0.4) is 0 Å². The predicted molar refractivity (Wildman–Crippen MR) is 116 cm³/mol. The molecule has 0 spiro atoms. The minimum atomic E-state index is -0.299. The summed E-state index contributed by atoms with van der Waals surface area (Å²) in [5.41, 5.74) is 11.7. The van der Waals surface area contributed by atoms with Crippen LogP contribution in [0.15, 0.2) is 30.5 Å². The summed E-state index contributed by atoms with van der Waals surface area (Å²) in [5, 5.41) is 8.69. The number of carbonyl (C=O) groups is 1. The number of hydrazine groups is 1. The molecule has 7 heteroatoms. The smallest absolute Gasteiger partial charge is 0.242 e. The molecule has 0 radical (unpaired) electrons. The minimum Gasteiger partial charge on any atom is -0.347 e. The molecule has 4 rings (SSSR count). The van der Waals surface area contributed by atoms with Gasteiger partial charge in [-0.3, -0.25) is 9.48 Å². The van der Waals surface area contributed by atoms with Crippen molar-refractivity contribution in [3.63, 3.8) is 0 Å². The molecule has 2 aromatic heterocycles. The summed E-state index contributed by atoms with van der Waals surface area (Å²) >= 11 is 0. The zero-order chi connectivity index (χ0) is 20.7. The monoisotopic (exact) mass is 394 g/mol. The summed E-state index contributed by atoms with van der Waals surface area (Å²) in [7, 11) is 1.95. The van der Waals surface area contributed by atoms with Crippen LogP contribution in [-0.4, -0.2) is 26.3 Å². The van der Waals surface area contributed by atoms with Gasteiger partial charge in [0.15, 0.2) is 0 Å². The van der Waals surface area contributed by atoms with Gasteiger partial charge in [-0.15, -0.1) is 0 Å². The molecule has 0 aliphatic carbocycles. The molecule has 2 atom stereocenters. The van der Waals surface area contributed by atoms with Gasteiger partial charge in [0, 0.05) is 36.4 Å². The van der Waals surface area contributed by atoms with E-state index in [0.717, 1.165) is 34.5 Å². The Morgan fingerprint density at radius 2 is 2.07 bits per heavy atom. The number of benzene rings is 1. The summed E-state index contributed by atoms with van der Waals surface area (Å²) in [4.78, 5) is 13.0. The molecule has 0 bridgehead atoms. The van der Waals surface area contributed by atoms with Crippen molar-refractivity contribution in [2.24, 2.45) is 13.0 Å². The molecule has 3 N–H and O–H groups in total. The van der Waals surface area contributed by atoms with Crippen LogP contribution in [0.5, 0.6) is 0 Å². The quantitative estimate of drug-likeness (QED) is 0.621. The summed E-state index contributed by atoms with van der Waals surface area (Å²) in [6.45, 7) is 9.45. The molecule has 0 saturated carbocycles. The number of amides is 1. The maximum atomic E-state index is 13.0. The van der Waals surface area contributed by atoms with Crippen LogP contribution < -0.4 is 16.2 Å². The fourth-order valence-electron chi connectivity index (χ4n) is 4.32. The van der Waals surface area contributed by atoms with Gasteiger partial charge >= 0.3 is 0 Å². The molecular formula is C22H30N6O. The average molecular weight is 395 g/mol. The SMILES string of the molecule is Cc1nn(C)c(C)c1C1CC(C(=O)Nc2cccc3c2ccn3CC(C)C)NN1. The van der Waals surface area contributed by atoms with E-state index in [2.05, 4.69) is 64.9 Å². The molecule has 1 amide bonds. The lowest BCUT2D eigenvalue weighted by molar-refractivity contribution is -0.117. The molecule has 1 fully saturated rings. The summed E-state index contributed by atoms with van der Waals surface area (Å²) in [6, 6.07) is 7.93. The van der Waals surface area contributed by atoms with Crippen molar-refractivity contribution in [1.82, 2.24) is 25.2 Å². The molecule has 1 aromatic carbocycles. The Morgan fingerprint density at radius 3 is 2.76 bits per heavy atom. The fourth-order valence-corrected chi connectivity index (χ4v) is 4.32. The third kappa shape index (κ3) is 3.68. The number of aryl methyl sites for hydroxylation is 2. The van der Waals surface area contributed by atoms with Crippen molar-refractivity contribution in [3.8, 4) is 0 Å². The lowest BCUT2D eigenvalue weighted by Gasteiger charge is -2.13. The van der Waals surface area contributed by atoms with Crippen LogP contribution in [0.4, 0.5) is 5.69 Å². The highest BCUT2D eigenvalue weighted by molar-refractivity contribution is 6.03. The minimum absolute atomic E-state index is 0.0247. The van der Waals surface area contributed by atoms with Gasteiger partial charge in [-0.05, 0) is 44.4 Å². The van der Waals surface area contributed by atoms with Gasteiger partial charge in [0.05, 0.1) is 22.9 Å². The Hall–Kier alpha value is -2.64. The first-order chi connectivity index (χ1) is 13.8. The number of nitrogens with zero attached hydrogens (tertiary/aromatic N) is 3. The molecule has 2 unspecified atom stereocenters. The van der Waals surface area contributed by atoms with Crippen molar-refractivity contribution in [3.05, 3.63) is 47.4 Å². The standard InChI is InChI=1S/C22H30N6O/c1-13(2)12-28-10-9-16-17(7-6-8-20(16)28)23-22(29)19-11-18(24-25-19)21-14(3)26-27(5)15(21)4/h6-10,13,18-19,24-25H,11-12H2,1-5H3,(H,23,29). The van der Waals surface area contributed by atoms with Crippen molar-refractivity contribution >= 4 is 22.5 Å². The van der Waals surface area contributed by atoms with E-state index in [0.29, 0.717) is 12.3 Å². The number of hydrogen-bond donors (Lipinski definition) is 3. The maximum absolute atomic E-state index is 13.0. The van der Waals surface area contributed by atoms with E-state index in [4.69, 9.17) is 0 Å². The van der Waals surface area contributed by atoms with Crippen LogP contribution in [0.2, 0.25) is 0 Å². The maximum Gasteiger partial charge on any atom is 0.242 e. The Bertz CT molecular complexity index is 1050. The second kappa shape index (κ2) is 7.65. The van der Waals surface area contributed by atoms with E-state index in [1.165, 1.54) is 5.56 Å². The van der Waals surface area contributed by atoms with E-state index in [1.807, 2.05) is 30.8 Å². The van der Waals surface area contributed by atoms with Crippen molar-refractivity contribution in [2.45, 2.75) is 52.7 Å². The first-order valence-electron chi connectivity index (χ1n) is 10.2. The number of rotatable bonds is 5. The summed E-state index contributed by atoms with van der Waals surface area (Å²) in [5.74, 6) is 0.539. The second-order valence-corrected chi connectivity index (χ2v) is 8.43. The third-order valence-corrected chi connectivity index (χ3v) is 5.77. The van der Waals surface area contributed by atoms with Gasteiger partial charge in [0.1, 0.15) is 6.04 Å². The van der Waals surface area contributed by atoms with Crippen LogP contribution >= 0.6 is 0 Å². The van der Waals surface area contributed by atoms with E-state index in [-0.39, 0.29) is 18.0 Å². The van der Waals surface area contributed by atoms with Gasteiger partial charge in [0.2, 0.25) is 5.91 Å². The predicted octanol–water partition coefficient (Wildman–Crippen LogP) is 3.19. The van der Waals surface area contributed by atoms with Gasteiger partial charge in [-0.25, -0.2) is 10.9 Å². The lowest BCUT2D eigenvalue weighted by atomic mass is 10.00. The van der Waals surface area contributed by atoms with Crippen molar-refractivity contribution in [1.29, 1.82) is 0 Å². The number of nitrogens with one attached hydrogen (secondary N) is 3. The highest BCUT2D eigenvalue weighted by Crippen LogP contribution is 2.29. The van der Waals surface area contributed by atoms with E-state index >= 15 is 0 Å². The molecule has 1 aliphatic rings. The topological polar surface area (TPSA) is 75.9 Å². The van der Waals surface area contributed by atoms with Crippen LogP contribution in [-0.2, 0) is 18.4 Å². The van der Waals surface area contributed by atoms with Gasteiger partial charge in [-0.2, -0.15) is 5.10 Å². The van der Waals surface area contributed by atoms with Crippen molar-refractivity contribution < 1.29 is 4.79 Å². The Balaban J connectivity index is 1.50. The Morgan fingerprint density at radius 1 is 1.28 bits per heavy atom. The number of carbonyl (C=O) groups excluding carboxylic acids is 1. The van der Waals surface area contributed by atoms with Gasteiger partial charge in [0.25, 0.3) is 0 Å². The summed E-state index contributed by atoms with van der Waals surface area (Å²) in [6.07, 6.45) is 2.78. The molecule has 7 nitrogen and oxygen atoms in total. The average Bonchev–Trinajstić information content (AvgIpc) is 3.35. The molecule has 1 aliphatic heterocycles. The fraction of sp³-hybridized carbons (Fsp3) is 0.455. The molecule has 154 valence electrons. The van der Waals surface area contributed by atoms with Gasteiger partial charge < -0.3 is 9.88 Å². The molecule has 3 aromatic rings. The van der Waals surface area contributed by atoms with E-state index in [1.54, 1.807) is 0 Å². The number of hydrogen-bond acceptors (Lipinski definition) is 4. The zero-order valence-electron chi connectivity index (χ0n) is 17.8. The molecular weight excluding hydrogens is 364 g/mol. The van der Waals surface area contributed by atoms with Crippen molar-refractivity contribution in [2.75, 3.05) is 5.32 Å². The van der Waals surface area contributed by atoms with E-state index < -0.39 is 0 Å². The second-order valence-electron chi connectivity index (χ2n) is 8.43. The number of aromatic nitrogens is 3. The first kappa shape index (κ1) is 19.7. The normalized spacial score (nSPS) is 19.4. The van der Waals surface area contributed by atoms with E-state index in [9.17, 15) is 4.79 Å². The number of fused-ring (bicyclic) bond motifs is 1. The van der Waals surface area contributed by atoms with Crippen LogP contribution in [0.25, 0.3) is 10.9 Å². The number of anilines is 1. The molecule has 3 heterocycles. The molecule has 1 saturated heterocycles. The lowest BCUT2D eigenvalue weighted by Crippen LogP contribution is -2.39. The Kier molecular flexibility index (Phi) is 5.19. The molecule has 29 heavy (non-hydrogen) atoms.